The van der Waals surface area contributed by atoms with Crippen LogP contribution in [0.15, 0.2) is 78.9 Å². The highest BCUT2D eigenvalue weighted by atomic mass is 19.1. The molecular formula is C42H53FN4O6. The van der Waals surface area contributed by atoms with Gasteiger partial charge in [-0.1, -0.05) is 42.5 Å². The highest BCUT2D eigenvalue weighted by Gasteiger charge is 2.49. The zero-order chi connectivity index (χ0) is 38.1. The van der Waals surface area contributed by atoms with Crippen molar-refractivity contribution in [1.29, 1.82) is 0 Å². The van der Waals surface area contributed by atoms with E-state index in [0.29, 0.717) is 36.6 Å². The third-order valence-electron chi connectivity index (χ3n) is 10.5. The first-order chi connectivity index (χ1) is 25.3. The molecule has 0 radical (unpaired) electrons. The number of alkyl carbamates (subject to hydrolysis) is 1. The molecule has 0 unspecified atom stereocenters. The van der Waals surface area contributed by atoms with Gasteiger partial charge in [-0.15, -0.1) is 0 Å². The lowest BCUT2D eigenvalue weighted by molar-refractivity contribution is -0.130. The van der Waals surface area contributed by atoms with Gasteiger partial charge in [0.2, 0.25) is 11.8 Å². The second kappa shape index (κ2) is 17.3. The van der Waals surface area contributed by atoms with Crippen molar-refractivity contribution in [3.63, 3.8) is 0 Å². The van der Waals surface area contributed by atoms with Crippen molar-refractivity contribution in [3.05, 3.63) is 101 Å². The summed E-state index contributed by atoms with van der Waals surface area (Å²) in [7, 11) is 0. The number of hydrogen-bond donors (Lipinski definition) is 4. The van der Waals surface area contributed by atoms with Gasteiger partial charge in [-0.3, -0.25) is 14.4 Å². The molecule has 0 saturated heterocycles. The molecule has 0 spiro atoms. The number of hydrogen-bond acceptors (Lipinski definition) is 6. The maximum atomic E-state index is 14.1. The Morgan fingerprint density at radius 2 is 1.21 bits per heavy atom. The van der Waals surface area contributed by atoms with Crippen LogP contribution in [0.25, 0.3) is 0 Å². The highest BCUT2D eigenvalue weighted by molar-refractivity contribution is 5.98. The van der Waals surface area contributed by atoms with E-state index < -0.39 is 41.4 Å². The molecule has 2 bridgehead atoms. The van der Waals surface area contributed by atoms with Crippen LogP contribution in [0.5, 0.6) is 5.75 Å². The van der Waals surface area contributed by atoms with E-state index in [0.717, 1.165) is 44.1 Å². The largest absolute Gasteiger partial charge is 0.494 e. The maximum Gasteiger partial charge on any atom is 0.407 e. The summed E-state index contributed by atoms with van der Waals surface area (Å²) in [6.45, 7) is 8.97. The Hall–Kier alpha value is -4.93. The normalized spacial score (nSPS) is 20.4. The standard InChI is InChI=1S/C42H53FN4O6/c1-5-52-33-17-13-30(14-18-33)26-35(46-36(48)31-9-7-6-8-10-31)38(50)47-34(25-29-11-15-32(43)16-12-29)37(49)44-27-41-19-22-42(23-20-41,24-21-41)28-45-39(51)53-40(2,3)4/h6-18,34-35H,5,19-28H2,1-4H3,(H,44,49)(H,45,51)(H,46,48)(H,47,50)/t34-,35+,41?,42?/m0/s1. The predicted octanol–water partition coefficient (Wildman–Crippen LogP) is 6.27. The summed E-state index contributed by atoms with van der Waals surface area (Å²) in [5.74, 6) is -0.979. The van der Waals surface area contributed by atoms with Gasteiger partial charge in [0, 0.05) is 31.5 Å². The molecule has 284 valence electrons. The Morgan fingerprint density at radius 3 is 1.74 bits per heavy atom. The average molecular weight is 729 g/mol. The lowest BCUT2D eigenvalue weighted by atomic mass is 9.53. The van der Waals surface area contributed by atoms with Gasteiger partial charge in [-0.25, -0.2) is 9.18 Å². The van der Waals surface area contributed by atoms with Gasteiger partial charge in [0.15, 0.2) is 0 Å². The summed E-state index contributed by atoms with van der Waals surface area (Å²) in [6, 6.07) is 19.8. The predicted molar refractivity (Wildman–Crippen MR) is 201 cm³/mol. The summed E-state index contributed by atoms with van der Waals surface area (Å²) >= 11 is 0. The third kappa shape index (κ3) is 11.3. The fraction of sp³-hybridized carbons (Fsp3) is 0.476. The average Bonchev–Trinajstić information content (AvgIpc) is 3.14. The monoisotopic (exact) mass is 728 g/mol. The molecule has 3 saturated carbocycles. The van der Waals surface area contributed by atoms with Crippen LogP contribution < -0.4 is 26.0 Å². The zero-order valence-electron chi connectivity index (χ0n) is 31.3. The van der Waals surface area contributed by atoms with Crippen LogP contribution in [-0.2, 0) is 27.2 Å². The quantitative estimate of drug-likeness (QED) is 0.146. The molecule has 3 aliphatic rings. The number of nitrogens with one attached hydrogen (secondary N) is 4. The molecule has 4 amide bonds. The van der Waals surface area contributed by atoms with Crippen molar-refractivity contribution < 1.29 is 33.0 Å². The van der Waals surface area contributed by atoms with Crippen molar-refractivity contribution in [2.24, 2.45) is 10.8 Å². The Balaban J connectivity index is 1.27. The molecule has 10 nitrogen and oxygen atoms in total. The third-order valence-corrected chi connectivity index (χ3v) is 10.5. The molecule has 0 aliphatic heterocycles. The van der Waals surface area contributed by atoms with Crippen LogP contribution in [-0.4, -0.2) is 61.2 Å². The van der Waals surface area contributed by atoms with E-state index in [2.05, 4.69) is 21.3 Å². The van der Waals surface area contributed by atoms with Crippen molar-refractivity contribution in [1.82, 2.24) is 21.3 Å². The number of benzene rings is 3. The molecule has 0 heterocycles. The molecule has 2 atom stereocenters. The minimum atomic E-state index is -0.998. The molecule has 4 N–H and O–H groups in total. The van der Waals surface area contributed by atoms with Gasteiger partial charge < -0.3 is 30.7 Å². The lowest BCUT2D eigenvalue weighted by Gasteiger charge is -2.53. The van der Waals surface area contributed by atoms with Crippen molar-refractivity contribution >= 4 is 23.8 Å². The number of ether oxygens (including phenoxy) is 2. The summed E-state index contributed by atoms with van der Waals surface area (Å²) in [5.41, 5.74) is 1.26. The van der Waals surface area contributed by atoms with E-state index in [1.165, 1.54) is 12.1 Å². The number of carbonyl (C=O) groups excluding carboxylic acids is 4. The van der Waals surface area contributed by atoms with E-state index in [1.807, 2.05) is 52.0 Å². The first-order valence-corrected chi connectivity index (χ1v) is 18.6. The molecule has 3 aromatic carbocycles. The number of fused-ring (bicyclic) bond motifs is 3. The van der Waals surface area contributed by atoms with Gasteiger partial charge in [0.1, 0.15) is 29.3 Å². The van der Waals surface area contributed by atoms with E-state index in [9.17, 15) is 23.6 Å². The highest BCUT2D eigenvalue weighted by Crippen LogP contribution is 2.56. The second-order valence-electron chi connectivity index (χ2n) is 15.6. The first-order valence-electron chi connectivity index (χ1n) is 18.6. The SMILES string of the molecule is CCOc1ccc(C[C@@H](NC(=O)c2ccccc2)C(=O)N[C@@H](Cc2ccc(F)cc2)C(=O)NCC23CCC(CNC(=O)OC(C)(C)C)(CC2)CC3)cc1. The van der Waals surface area contributed by atoms with Crippen LogP contribution in [0.1, 0.15) is 87.7 Å². The number of amides is 4. The minimum absolute atomic E-state index is 0.0182. The van der Waals surface area contributed by atoms with Crippen LogP contribution >= 0.6 is 0 Å². The molecule has 6 rings (SSSR count). The zero-order valence-corrected chi connectivity index (χ0v) is 31.3. The Kier molecular flexibility index (Phi) is 12.8. The lowest BCUT2D eigenvalue weighted by Crippen LogP contribution is -2.57. The number of rotatable bonds is 15. The van der Waals surface area contributed by atoms with Crippen LogP contribution in [0.3, 0.4) is 0 Å². The van der Waals surface area contributed by atoms with Crippen LogP contribution in [0, 0.1) is 16.6 Å². The topological polar surface area (TPSA) is 135 Å². The van der Waals surface area contributed by atoms with Crippen molar-refractivity contribution in [2.45, 2.75) is 96.7 Å². The first kappa shape index (κ1) is 39.3. The van der Waals surface area contributed by atoms with Crippen molar-refractivity contribution in [3.8, 4) is 5.75 Å². The van der Waals surface area contributed by atoms with Gasteiger partial charge in [0.25, 0.3) is 5.91 Å². The summed E-state index contributed by atoms with van der Waals surface area (Å²) in [4.78, 5) is 53.7. The molecule has 53 heavy (non-hydrogen) atoms. The summed E-state index contributed by atoms with van der Waals surface area (Å²) in [5, 5.41) is 11.9. The van der Waals surface area contributed by atoms with E-state index in [1.54, 1.807) is 42.5 Å². The Bertz CT molecular complexity index is 1680. The van der Waals surface area contributed by atoms with Gasteiger partial charge in [-0.05, 0) is 125 Å². The minimum Gasteiger partial charge on any atom is -0.494 e. The van der Waals surface area contributed by atoms with Crippen LogP contribution in [0.4, 0.5) is 9.18 Å². The Morgan fingerprint density at radius 1 is 0.698 bits per heavy atom. The van der Waals surface area contributed by atoms with E-state index in [-0.39, 0.29) is 29.6 Å². The summed E-state index contributed by atoms with van der Waals surface area (Å²) < 4.78 is 24.8. The fourth-order valence-corrected chi connectivity index (χ4v) is 7.35. The Labute approximate surface area is 312 Å². The number of halogens is 1. The van der Waals surface area contributed by atoms with E-state index in [4.69, 9.17) is 9.47 Å². The van der Waals surface area contributed by atoms with E-state index >= 15 is 0 Å². The van der Waals surface area contributed by atoms with Crippen LogP contribution in [0.2, 0.25) is 0 Å². The summed E-state index contributed by atoms with van der Waals surface area (Å²) in [6.07, 6.45) is 5.43. The van der Waals surface area contributed by atoms with Gasteiger partial charge in [0.05, 0.1) is 6.61 Å². The molecule has 3 aromatic rings. The molecule has 3 fully saturated rings. The number of carbonyl (C=O) groups is 4. The molecule has 11 heteroatoms. The van der Waals surface area contributed by atoms with Gasteiger partial charge in [-0.2, -0.15) is 0 Å². The van der Waals surface area contributed by atoms with Crippen molar-refractivity contribution in [2.75, 3.05) is 19.7 Å². The van der Waals surface area contributed by atoms with Gasteiger partial charge >= 0.3 is 6.09 Å². The second-order valence-corrected chi connectivity index (χ2v) is 15.6. The maximum absolute atomic E-state index is 14.1. The smallest absolute Gasteiger partial charge is 0.407 e. The molecule has 0 aromatic heterocycles. The fourth-order valence-electron chi connectivity index (χ4n) is 7.35. The molecule has 3 aliphatic carbocycles. The molecular weight excluding hydrogens is 675 g/mol.